The minimum atomic E-state index is -0.573. The van der Waals surface area contributed by atoms with Gasteiger partial charge in [-0.05, 0) is 36.8 Å². The highest BCUT2D eigenvalue weighted by molar-refractivity contribution is 7.13. The summed E-state index contributed by atoms with van der Waals surface area (Å²) in [5.41, 5.74) is 2.08. The van der Waals surface area contributed by atoms with Gasteiger partial charge in [-0.1, -0.05) is 12.1 Å². The topological polar surface area (TPSA) is 52.1 Å². The molecule has 2 heterocycles. The molecular formula is C17H13FN2O2S. The maximum Gasteiger partial charge on any atom is 0.338 e. The first-order chi connectivity index (χ1) is 11.1. The lowest BCUT2D eigenvalue weighted by molar-refractivity contribution is 0.0468. The van der Waals surface area contributed by atoms with Crippen molar-refractivity contribution < 1.29 is 13.9 Å². The highest BCUT2D eigenvalue weighted by Gasteiger charge is 2.11. The van der Waals surface area contributed by atoms with Crippen molar-refractivity contribution in [3.63, 3.8) is 0 Å². The lowest BCUT2D eigenvalue weighted by Gasteiger charge is -2.04. The first kappa shape index (κ1) is 15.3. The fourth-order valence-corrected chi connectivity index (χ4v) is 2.70. The van der Waals surface area contributed by atoms with E-state index in [1.807, 2.05) is 23.6 Å². The number of carbonyl (C=O) groups excluding carboxylic acids is 1. The second-order valence-corrected chi connectivity index (χ2v) is 5.76. The molecule has 0 aliphatic carbocycles. The number of rotatable bonds is 4. The summed E-state index contributed by atoms with van der Waals surface area (Å²) in [5, 5.41) is 2.57. The molecule has 116 valence electrons. The predicted octanol–water partition coefficient (Wildman–Crippen LogP) is 4.01. The van der Waals surface area contributed by atoms with E-state index in [0.29, 0.717) is 11.3 Å². The minimum Gasteiger partial charge on any atom is -0.456 e. The molecule has 23 heavy (non-hydrogen) atoms. The lowest BCUT2D eigenvalue weighted by Crippen LogP contribution is -2.06. The fourth-order valence-electron chi connectivity index (χ4n) is 1.92. The summed E-state index contributed by atoms with van der Waals surface area (Å²) < 4.78 is 18.6. The highest BCUT2D eigenvalue weighted by atomic mass is 32.1. The molecule has 0 aliphatic heterocycles. The van der Waals surface area contributed by atoms with E-state index in [9.17, 15) is 9.18 Å². The Morgan fingerprint density at radius 1 is 1.30 bits per heavy atom. The van der Waals surface area contributed by atoms with E-state index < -0.39 is 11.8 Å². The molecule has 3 aromatic rings. The number of ether oxygens (including phenoxy) is 1. The third kappa shape index (κ3) is 3.60. The van der Waals surface area contributed by atoms with E-state index in [1.165, 1.54) is 17.4 Å². The molecule has 0 spiro atoms. The Morgan fingerprint density at radius 3 is 2.91 bits per heavy atom. The van der Waals surface area contributed by atoms with E-state index in [1.54, 1.807) is 25.3 Å². The molecule has 4 nitrogen and oxygen atoms in total. The summed E-state index contributed by atoms with van der Waals surface area (Å²) in [5.74, 6) is -0.998. The highest BCUT2D eigenvalue weighted by Crippen LogP contribution is 2.22. The van der Waals surface area contributed by atoms with E-state index in [2.05, 4.69) is 9.97 Å². The molecular weight excluding hydrogens is 315 g/mol. The van der Waals surface area contributed by atoms with Crippen LogP contribution < -0.4 is 0 Å². The van der Waals surface area contributed by atoms with Crippen molar-refractivity contribution in [2.45, 2.75) is 13.5 Å². The Kier molecular flexibility index (Phi) is 4.43. The molecule has 0 atom stereocenters. The maximum atomic E-state index is 13.5. The van der Waals surface area contributed by atoms with Crippen LogP contribution in [0.1, 0.15) is 21.6 Å². The predicted molar refractivity (Wildman–Crippen MR) is 85.6 cm³/mol. The minimum absolute atomic E-state index is 0.0393. The Hall–Kier alpha value is -2.60. The second kappa shape index (κ2) is 6.66. The number of aromatic nitrogens is 2. The second-order valence-electron chi connectivity index (χ2n) is 4.90. The Morgan fingerprint density at radius 2 is 2.17 bits per heavy atom. The fraction of sp³-hybridized carbons (Fsp3) is 0.118. The molecule has 6 heteroatoms. The van der Waals surface area contributed by atoms with E-state index in [-0.39, 0.29) is 12.2 Å². The van der Waals surface area contributed by atoms with E-state index >= 15 is 0 Å². The van der Waals surface area contributed by atoms with Gasteiger partial charge in [0.05, 0.1) is 17.0 Å². The largest absolute Gasteiger partial charge is 0.456 e. The molecule has 0 saturated heterocycles. The van der Waals surface area contributed by atoms with Crippen molar-refractivity contribution in [2.75, 3.05) is 0 Å². The van der Waals surface area contributed by atoms with Gasteiger partial charge in [-0.25, -0.2) is 14.2 Å². The van der Waals surface area contributed by atoms with Crippen LogP contribution in [0.3, 0.4) is 0 Å². The zero-order valence-electron chi connectivity index (χ0n) is 12.3. The molecule has 3 rings (SSSR count). The number of hydrogen-bond donors (Lipinski definition) is 0. The average Bonchev–Trinajstić information content (AvgIpc) is 3.05. The molecule has 0 aliphatic rings. The van der Waals surface area contributed by atoms with Gasteiger partial charge in [0, 0.05) is 11.6 Å². The first-order valence-corrected chi connectivity index (χ1v) is 7.80. The van der Waals surface area contributed by atoms with Gasteiger partial charge < -0.3 is 4.74 Å². The molecule has 2 aromatic heterocycles. The number of halogens is 1. The average molecular weight is 328 g/mol. The van der Waals surface area contributed by atoms with Crippen LogP contribution in [0.5, 0.6) is 0 Å². The van der Waals surface area contributed by atoms with Gasteiger partial charge in [-0.3, -0.25) is 4.98 Å². The number of carbonyl (C=O) groups is 1. The summed E-state index contributed by atoms with van der Waals surface area (Å²) in [6, 6.07) is 9.85. The van der Waals surface area contributed by atoms with Crippen LogP contribution in [-0.4, -0.2) is 15.9 Å². The van der Waals surface area contributed by atoms with E-state index in [4.69, 9.17) is 4.74 Å². The van der Waals surface area contributed by atoms with Crippen LogP contribution in [0, 0.1) is 12.7 Å². The van der Waals surface area contributed by atoms with Gasteiger partial charge in [0.15, 0.2) is 0 Å². The van der Waals surface area contributed by atoms with Gasteiger partial charge in [0.1, 0.15) is 17.4 Å². The molecule has 0 radical (unpaired) electrons. The molecule has 1 aromatic carbocycles. The Bertz CT molecular complexity index is 834. The van der Waals surface area contributed by atoms with Crippen molar-refractivity contribution in [2.24, 2.45) is 0 Å². The number of aryl methyl sites for hydroxylation is 1. The summed E-state index contributed by atoms with van der Waals surface area (Å²) in [6.45, 7) is 1.68. The summed E-state index contributed by atoms with van der Waals surface area (Å²) in [6.07, 6.45) is 1.70. The number of pyridine rings is 1. The van der Waals surface area contributed by atoms with E-state index in [0.717, 1.165) is 10.7 Å². The molecule has 0 unspecified atom stereocenters. The van der Waals surface area contributed by atoms with Gasteiger partial charge in [0.2, 0.25) is 0 Å². The molecule has 0 bridgehead atoms. The number of esters is 1. The van der Waals surface area contributed by atoms with Crippen LogP contribution in [-0.2, 0) is 11.3 Å². The molecule has 0 saturated carbocycles. The molecule has 0 amide bonds. The first-order valence-electron chi connectivity index (χ1n) is 6.92. The zero-order chi connectivity index (χ0) is 16.2. The summed E-state index contributed by atoms with van der Waals surface area (Å²) in [7, 11) is 0. The third-order valence-electron chi connectivity index (χ3n) is 3.19. The van der Waals surface area contributed by atoms with Crippen LogP contribution >= 0.6 is 11.3 Å². The normalized spacial score (nSPS) is 10.5. The van der Waals surface area contributed by atoms with Crippen LogP contribution in [0.15, 0.2) is 48.0 Å². The quantitative estimate of drug-likeness (QED) is 0.679. The SMILES string of the molecule is Cc1ccc(C(=O)OCc2csc(-c3ccccn3)n2)cc1F. The maximum absolute atomic E-state index is 13.5. The van der Waals surface area contributed by atoms with Gasteiger partial charge in [0.25, 0.3) is 0 Å². The Labute approximate surface area is 136 Å². The monoisotopic (exact) mass is 328 g/mol. The molecule has 0 fully saturated rings. The van der Waals surface area contributed by atoms with Crippen molar-refractivity contribution in [3.8, 4) is 10.7 Å². The van der Waals surface area contributed by atoms with Crippen LogP contribution in [0.4, 0.5) is 4.39 Å². The van der Waals surface area contributed by atoms with Crippen molar-refractivity contribution in [1.29, 1.82) is 0 Å². The zero-order valence-corrected chi connectivity index (χ0v) is 13.1. The van der Waals surface area contributed by atoms with Crippen LogP contribution in [0.25, 0.3) is 10.7 Å². The summed E-state index contributed by atoms with van der Waals surface area (Å²) in [4.78, 5) is 20.5. The van der Waals surface area contributed by atoms with Crippen LogP contribution in [0.2, 0.25) is 0 Å². The van der Waals surface area contributed by atoms with Crippen molar-refractivity contribution in [3.05, 3.63) is 70.6 Å². The Balaban J connectivity index is 1.65. The standard InChI is InChI=1S/C17H13FN2O2S/c1-11-5-6-12(8-14(11)18)17(21)22-9-13-10-23-16(20-13)15-4-2-3-7-19-15/h2-8,10H,9H2,1H3. The lowest BCUT2D eigenvalue weighted by atomic mass is 10.1. The van der Waals surface area contributed by atoms with Gasteiger partial charge in [-0.2, -0.15) is 0 Å². The van der Waals surface area contributed by atoms with Crippen molar-refractivity contribution in [1.82, 2.24) is 9.97 Å². The number of hydrogen-bond acceptors (Lipinski definition) is 5. The summed E-state index contributed by atoms with van der Waals surface area (Å²) >= 11 is 1.43. The number of benzene rings is 1. The van der Waals surface area contributed by atoms with Gasteiger partial charge in [-0.15, -0.1) is 11.3 Å². The van der Waals surface area contributed by atoms with Gasteiger partial charge >= 0.3 is 5.97 Å². The third-order valence-corrected chi connectivity index (χ3v) is 4.11. The smallest absolute Gasteiger partial charge is 0.338 e. The van der Waals surface area contributed by atoms with Crippen molar-refractivity contribution >= 4 is 17.3 Å². The number of nitrogens with zero attached hydrogens (tertiary/aromatic N) is 2. The molecule has 0 N–H and O–H groups in total. The number of thiazole rings is 1.